The molecule has 10 nitrogen and oxygen atoms in total. The number of hydrogen-bond acceptors (Lipinski definition) is 9. The second-order valence-electron chi connectivity index (χ2n) is 12.5. The van der Waals surface area contributed by atoms with Crippen molar-refractivity contribution in [3.05, 3.63) is 11.3 Å². The summed E-state index contributed by atoms with van der Waals surface area (Å²) in [5.41, 5.74) is 2.46. The van der Waals surface area contributed by atoms with E-state index in [2.05, 4.69) is 36.1 Å². The van der Waals surface area contributed by atoms with E-state index in [1.54, 1.807) is 0 Å². The lowest BCUT2D eigenvalue weighted by atomic mass is 9.83. The summed E-state index contributed by atoms with van der Waals surface area (Å²) in [7, 11) is 0. The van der Waals surface area contributed by atoms with Crippen molar-refractivity contribution in [2.24, 2.45) is 5.92 Å². The molecule has 0 radical (unpaired) electrons. The average molecular weight is 638 g/mol. The molecule has 0 bridgehead atoms. The van der Waals surface area contributed by atoms with Gasteiger partial charge in [-0.05, 0) is 70.8 Å². The fourth-order valence-corrected chi connectivity index (χ4v) is 7.26. The molecule has 5 atom stereocenters. The number of piperidine rings is 1. The largest absolute Gasteiger partial charge is 0.474 e. The summed E-state index contributed by atoms with van der Waals surface area (Å²) >= 11 is 0. The molecule has 6 heterocycles. The zero-order chi connectivity index (χ0) is 33.4. The van der Waals surface area contributed by atoms with E-state index in [0.717, 1.165) is 86.2 Å². The maximum atomic E-state index is 13.1. The van der Waals surface area contributed by atoms with Crippen LogP contribution >= 0.6 is 0 Å². The smallest absolute Gasteiger partial charge is 0.246 e. The van der Waals surface area contributed by atoms with E-state index >= 15 is 0 Å². The van der Waals surface area contributed by atoms with Crippen molar-refractivity contribution < 1.29 is 14.1 Å². The molecular weight excluding hydrogens is 578 g/mol. The molecule has 0 saturated carbocycles. The van der Waals surface area contributed by atoms with E-state index in [1.165, 1.54) is 12.8 Å². The second-order valence-corrected chi connectivity index (χ2v) is 12.5. The number of aromatic nitrogens is 5. The van der Waals surface area contributed by atoms with Crippen LogP contribution in [-0.4, -0.2) is 62.5 Å². The number of fused-ring (bicyclic) bond motifs is 3. The maximum Gasteiger partial charge on any atom is 0.246 e. The predicted octanol–water partition coefficient (Wildman–Crippen LogP) is 8.05. The lowest BCUT2D eigenvalue weighted by Crippen LogP contribution is -2.45. The molecule has 2 saturated heterocycles. The highest BCUT2D eigenvalue weighted by molar-refractivity contribution is 5.94. The Morgan fingerprint density at radius 2 is 1.83 bits per heavy atom. The number of Topliss-reactive ketones (excluding diaryl/α,β-unsaturated/α-hetero) is 1. The Kier molecular flexibility index (Phi) is 13.0. The van der Waals surface area contributed by atoms with Gasteiger partial charge in [-0.15, -0.1) is 5.10 Å². The Balaban J connectivity index is 0.000000758. The first-order valence-electron chi connectivity index (χ1n) is 18.5. The molecule has 3 aliphatic heterocycles. The first kappa shape index (κ1) is 35.8. The number of nitrogens with one attached hydrogen (secondary N) is 1. The normalized spacial score (nSPS) is 23.6. The standard InChI is InChI=1S/C30H41N7O3.3C2H6/c1-4-5-11-23(38)20-8-6-9-21-25(35-40-26(20)21)27-32-28-24-29(33-27)37(18(3)22-10-7-14-31-22)34-30(24)39-16-19-13-12-17(2)15-36(19)28;3*1-2/h17-20,22,31H,4-16H2,1-3H3;3*1-2H3/t17?,18-,19+,20?,22?;;;/m0.../s1. The summed E-state index contributed by atoms with van der Waals surface area (Å²) < 4.78 is 14.4. The Hall–Kier alpha value is -3.01. The third-order valence-corrected chi connectivity index (χ3v) is 9.62. The third-order valence-electron chi connectivity index (χ3n) is 9.62. The molecule has 3 unspecified atom stereocenters. The third kappa shape index (κ3) is 6.97. The number of ketones is 1. The van der Waals surface area contributed by atoms with Gasteiger partial charge in [-0.3, -0.25) is 4.79 Å². The van der Waals surface area contributed by atoms with Crippen LogP contribution in [0.3, 0.4) is 0 Å². The molecule has 4 aliphatic rings. The van der Waals surface area contributed by atoms with Crippen LogP contribution in [-0.2, 0) is 11.2 Å². The van der Waals surface area contributed by atoms with Gasteiger partial charge in [-0.1, -0.05) is 67.0 Å². The van der Waals surface area contributed by atoms with E-state index < -0.39 is 0 Å². The van der Waals surface area contributed by atoms with Gasteiger partial charge in [0.25, 0.3) is 0 Å². The van der Waals surface area contributed by atoms with E-state index in [9.17, 15) is 4.79 Å². The minimum atomic E-state index is -0.215. The van der Waals surface area contributed by atoms with Crippen molar-refractivity contribution in [3.8, 4) is 17.4 Å². The van der Waals surface area contributed by atoms with E-state index in [0.29, 0.717) is 42.4 Å². The van der Waals surface area contributed by atoms with Crippen LogP contribution < -0.4 is 15.0 Å². The first-order chi connectivity index (χ1) is 22.5. The molecule has 10 heteroatoms. The molecule has 1 N–H and O–H groups in total. The Labute approximate surface area is 276 Å². The molecule has 7 rings (SSSR count). The number of hydrogen-bond donors (Lipinski definition) is 1. The van der Waals surface area contributed by atoms with Crippen LogP contribution in [0.15, 0.2) is 4.52 Å². The molecule has 0 aromatic carbocycles. The summed E-state index contributed by atoms with van der Waals surface area (Å²) in [5, 5.41) is 14.1. The number of unbranched alkanes of at least 4 members (excludes halogenated alkanes) is 1. The highest BCUT2D eigenvalue weighted by Gasteiger charge is 2.38. The summed E-state index contributed by atoms with van der Waals surface area (Å²) in [6.07, 6.45) is 9.61. The fourth-order valence-electron chi connectivity index (χ4n) is 7.26. The average Bonchev–Trinajstić information content (AvgIpc) is 3.86. The van der Waals surface area contributed by atoms with E-state index in [-0.39, 0.29) is 23.8 Å². The van der Waals surface area contributed by atoms with Gasteiger partial charge in [-0.25, -0.2) is 14.6 Å². The minimum Gasteiger partial charge on any atom is -0.474 e. The molecule has 0 spiro atoms. The van der Waals surface area contributed by atoms with Crippen molar-refractivity contribution in [1.82, 2.24) is 30.2 Å². The molecule has 46 heavy (non-hydrogen) atoms. The molecule has 3 aromatic heterocycles. The van der Waals surface area contributed by atoms with Crippen LogP contribution in [0.4, 0.5) is 5.82 Å². The maximum absolute atomic E-state index is 13.1. The van der Waals surface area contributed by atoms with Gasteiger partial charge in [0.1, 0.15) is 23.6 Å². The minimum absolute atomic E-state index is 0.111. The highest BCUT2D eigenvalue weighted by atomic mass is 16.5. The molecular formula is C36H59N7O3. The number of carbonyl (C=O) groups excluding carboxylic acids is 1. The highest BCUT2D eigenvalue weighted by Crippen LogP contribution is 2.43. The van der Waals surface area contributed by atoms with Gasteiger partial charge >= 0.3 is 0 Å². The van der Waals surface area contributed by atoms with E-state index in [1.807, 2.05) is 46.2 Å². The zero-order valence-electron chi connectivity index (χ0n) is 30.0. The summed E-state index contributed by atoms with van der Waals surface area (Å²) in [6, 6.07) is 0.698. The van der Waals surface area contributed by atoms with Gasteiger partial charge in [0.2, 0.25) is 5.88 Å². The fraction of sp³-hybridized carbons (Fsp3) is 0.750. The van der Waals surface area contributed by atoms with Crippen molar-refractivity contribution in [3.63, 3.8) is 0 Å². The Bertz CT molecular complexity index is 1410. The summed E-state index contributed by atoms with van der Waals surface area (Å²) in [4.78, 5) is 25.8. The van der Waals surface area contributed by atoms with Gasteiger partial charge in [0.05, 0.1) is 18.0 Å². The topological polar surface area (TPSA) is 111 Å². The number of ether oxygens (including phenoxy) is 1. The van der Waals surface area contributed by atoms with Crippen molar-refractivity contribution in [2.75, 3.05) is 24.6 Å². The molecule has 2 fully saturated rings. The van der Waals surface area contributed by atoms with Gasteiger partial charge in [0, 0.05) is 24.6 Å². The monoisotopic (exact) mass is 637 g/mol. The van der Waals surface area contributed by atoms with Gasteiger partial charge in [0.15, 0.2) is 22.9 Å². The van der Waals surface area contributed by atoms with Crippen molar-refractivity contribution in [1.29, 1.82) is 0 Å². The number of rotatable bonds is 7. The lowest BCUT2D eigenvalue weighted by Gasteiger charge is -2.38. The zero-order valence-corrected chi connectivity index (χ0v) is 30.0. The van der Waals surface area contributed by atoms with Crippen molar-refractivity contribution in [2.45, 2.75) is 151 Å². The quantitative estimate of drug-likeness (QED) is 0.275. The number of carbonyl (C=O) groups is 1. The molecule has 0 amide bonds. The number of nitrogens with zero attached hydrogens (tertiary/aromatic N) is 6. The Morgan fingerprint density at radius 1 is 1.04 bits per heavy atom. The van der Waals surface area contributed by atoms with Gasteiger partial charge < -0.3 is 19.5 Å². The van der Waals surface area contributed by atoms with Crippen molar-refractivity contribution >= 4 is 22.6 Å². The molecule has 1 aliphatic carbocycles. The second kappa shape index (κ2) is 16.7. The van der Waals surface area contributed by atoms with Crippen LogP contribution in [0.25, 0.3) is 22.6 Å². The van der Waals surface area contributed by atoms with E-state index in [4.69, 9.17) is 24.3 Å². The predicted molar refractivity (Wildman–Crippen MR) is 186 cm³/mol. The SMILES string of the molecule is CC.CC.CC.CCCCC(=O)C1CCCc2c(-c3nc4c5c(nn([C@@H](C)C6CCCN6)c5n3)OC[C@H]3CCC(C)CN43)noc21. The molecule has 256 valence electrons. The lowest BCUT2D eigenvalue weighted by molar-refractivity contribution is -0.121. The first-order valence-corrected chi connectivity index (χ1v) is 18.5. The molecule has 3 aromatic rings. The summed E-state index contributed by atoms with van der Waals surface area (Å²) in [6.45, 7) is 21.2. The number of anilines is 1. The Morgan fingerprint density at radius 3 is 2.54 bits per heavy atom. The van der Waals surface area contributed by atoms with Crippen LogP contribution in [0, 0.1) is 5.92 Å². The summed E-state index contributed by atoms with van der Waals surface area (Å²) in [5.74, 6) is 3.43. The van der Waals surface area contributed by atoms with Crippen LogP contribution in [0.2, 0.25) is 0 Å². The van der Waals surface area contributed by atoms with Crippen LogP contribution in [0.1, 0.15) is 143 Å². The van der Waals surface area contributed by atoms with Gasteiger partial charge in [-0.2, -0.15) is 0 Å². The van der Waals surface area contributed by atoms with Crippen LogP contribution in [0.5, 0.6) is 5.88 Å².